The van der Waals surface area contributed by atoms with Crippen molar-refractivity contribution in [2.24, 2.45) is 0 Å². The maximum Gasteiger partial charge on any atom is 0.221 e. The molecule has 0 aliphatic carbocycles. The number of carbonyl (C=O) groups is 1. The molecule has 1 aromatic rings. The molecule has 0 radical (unpaired) electrons. The van der Waals surface area contributed by atoms with Crippen LogP contribution in [0.4, 0.5) is 0 Å². The summed E-state index contributed by atoms with van der Waals surface area (Å²) in [4.78, 5) is 16.0. The first-order valence-corrected chi connectivity index (χ1v) is 7.62. The Hall–Kier alpha value is -0.940. The van der Waals surface area contributed by atoms with Crippen LogP contribution in [-0.4, -0.2) is 23.5 Å². The molecule has 19 heavy (non-hydrogen) atoms. The number of nitrogens with zero attached hydrogens (tertiary/aromatic N) is 1. The highest BCUT2D eigenvalue weighted by atomic mass is 32.1. The van der Waals surface area contributed by atoms with Crippen LogP contribution in [0.3, 0.4) is 0 Å². The summed E-state index contributed by atoms with van der Waals surface area (Å²) >= 11 is 1.70. The Labute approximate surface area is 120 Å². The first-order chi connectivity index (χ1) is 8.79. The summed E-state index contributed by atoms with van der Waals surface area (Å²) in [5, 5.41) is 9.37. The molecule has 1 heterocycles. The highest BCUT2D eigenvalue weighted by Gasteiger charge is 2.17. The summed E-state index contributed by atoms with van der Waals surface area (Å²) in [6.45, 7) is 11.8. The van der Waals surface area contributed by atoms with Crippen molar-refractivity contribution in [3.8, 4) is 0 Å². The third kappa shape index (κ3) is 6.16. The van der Waals surface area contributed by atoms with E-state index in [1.165, 1.54) is 0 Å². The predicted molar refractivity (Wildman–Crippen MR) is 80.4 cm³/mol. The second-order valence-corrected chi connectivity index (χ2v) is 6.90. The number of hydrogen-bond acceptors (Lipinski definition) is 4. The van der Waals surface area contributed by atoms with E-state index in [4.69, 9.17) is 0 Å². The molecule has 0 fully saturated rings. The van der Waals surface area contributed by atoms with Crippen LogP contribution in [0.15, 0.2) is 5.38 Å². The third-order valence-electron chi connectivity index (χ3n) is 2.48. The summed E-state index contributed by atoms with van der Waals surface area (Å²) in [6, 6.07) is 0.209. The molecule has 108 valence electrons. The largest absolute Gasteiger partial charge is 0.354 e. The van der Waals surface area contributed by atoms with Crippen molar-refractivity contribution in [3.05, 3.63) is 16.1 Å². The molecule has 2 N–H and O–H groups in total. The van der Waals surface area contributed by atoms with Gasteiger partial charge in [0.25, 0.3) is 0 Å². The van der Waals surface area contributed by atoms with Crippen LogP contribution in [0.5, 0.6) is 0 Å². The van der Waals surface area contributed by atoms with E-state index in [0.717, 1.165) is 17.2 Å². The van der Waals surface area contributed by atoms with Crippen LogP contribution < -0.4 is 10.6 Å². The van der Waals surface area contributed by atoms with Gasteiger partial charge in [-0.3, -0.25) is 4.79 Å². The summed E-state index contributed by atoms with van der Waals surface area (Å²) in [6.07, 6.45) is 0.508. The summed E-state index contributed by atoms with van der Waals surface area (Å²) in [5.41, 5.74) is 1.17. The Morgan fingerprint density at radius 1 is 1.42 bits per heavy atom. The molecule has 0 bridgehead atoms. The summed E-state index contributed by atoms with van der Waals surface area (Å²) in [7, 11) is 0. The van der Waals surface area contributed by atoms with Gasteiger partial charge in [0, 0.05) is 36.3 Å². The zero-order valence-corrected chi connectivity index (χ0v) is 13.4. The lowest BCUT2D eigenvalue weighted by Gasteiger charge is -2.13. The van der Waals surface area contributed by atoms with E-state index in [9.17, 15) is 4.79 Å². The van der Waals surface area contributed by atoms with Gasteiger partial charge in [0.2, 0.25) is 5.91 Å². The van der Waals surface area contributed by atoms with Gasteiger partial charge in [0.05, 0.1) is 10.7 Å². The van der Waals surface area contributed by atoms with E-state index in [0.29, 0.717) is 13.0 Å². The Morgan fingerprint density at radius 3 is 2.63 bits per heavy atom. The van der Waals surface area contributed by atoms with Gasteiger partial charge in [-0.05, 0) is 13.8 Å². The van der Waals surface area contributed by atoms with E-state index in [1.54, 1.807) is 11.3 Å². The number of amides is 1. The van der Waals surface area contributed by atoms with E-state index < -0.39 is 0 Å². The SMILES string of the molecule is CC(C)NC(=O)CCNCc1csc(C(C)(C)C)n1. The molecule has 0 aliphatic rings. The lowest BCUT2D eigenvalue weighted by molar-refractivity contribution is -0.121. The van der Waals surface area contributed by atoms with Gasteiger partial charge in [-0.15, -0.1) is 11.3 Å². The molecule has 4 nitrogen and oxygen atoms in total. The first-order valence-electron chi connectivity index (χ1n) is 6.74. The number of thiazole rings is 1. The van der Waals surface area contributed by atoms with Crippen LogP contribution >= 0.6 is 11.3 Å². The minimum atomic E-state index is 0.0937. The fourth-order valence-corrected chi connectivity index (χ4v) is 2.45. The number of rotatable bonds is 6. The third-order valence-corrected chi connectivity index (χ3v) is 3.79. The number of aromatic nitrogens is 1. The van der Waals surface area contributed by atoms with Gasteiger partial charge < -0.3 is 10.6 Å². The molecule has 0 unspecified atom stereocenters. The van der Waals surface area contributed by atoms with E-state index >= 15 is 0 Å². The zero-order chi connectivity index (χ0) is 14.5. The van der Waals surface area contributed by atoms with Crippen molar-refractivity contribution >= 4 is 17.2 Å². The van der Waals surface area contributed by atoms with Crippen molar-refractivity contribution < 1.29 is 4.79 Å². The Bertz CT molecular complexity index is 407. The quantitative estimate of drug-likeness (QED) is 0.789. The average Bonchev–Trinajstić information content (AvgIpc) is 2.71. The van der Waals surface area contributed by atoms with Crippen LogP contribution in [0.25, 0.3) is 0 Å². The van der Waals surface area contributed by atoms with Gasteiger partial charge in [-0.2, -0.15) is 0 Å². The maximum absolute atomic E-state index is 11.4. The van der Waals surface area contributed by atoms with Crippen LogP contribution in [-0.2, 0) is 16.8 Å². The van der Waals surface area contributed by atoms with Crippen LogP contribution in [0.2, 0.25) is 0 Å². The Morgan fingerprint density at radius 2 is 2.11 bits per heavy atom. The second-order valence-electron chi connectivity index (χ2n) is 6.04. The Kier molecular flexibility index (Phi) is 5.94. The predicted octanol–water partition coefficient (Wildman–Crippen LogP) is 2.44. The van der Waals surface area contributed by atoms with E-state index in [-0.39, 0.29) is 17.4 Å². The van der Waals surface area contributed by atoms with Crippen molar-refractivity contribution in [2.75, 3.05) is 6.54 Å². The molecule has 1 amide bonds. The molecule has 0 saturated heterocycles. The average molecular weight is 283 g/mol. The van der Waals surface area contributed by atoms with Crippen LogP contribution in [0.1, 0.15) is 51.7 Å². The Balaban J connectivity index is 2.27. The number of hydrogen-bond donors (Lipinski definition) is 2. The lowest BCUT2D eigenvalue weighted by Crippen LogP contribution is -2.32. The van der Waals surface area contributed by atoms with Gasteiger partial charge in [0.1, 0.15) is 0 Å². The maximum atomic E-state index is 11.4. The second kappa shape index (κ2) is 7.01. The molecule has 1 aromatic heterocycles. The topological polar surface area (TPSA) is 54.0 Å². The molecular weight excluding hydrogens is 258 g/mol. The minimum absolute atomic E-state index is 0.0937. The molecule has 1 rings (SSSR count). The zero-order valence-electron chi connectivity index (χ0n) is 12.5. The number of carbonyl (C=O) groups excluding carboxylic acids is 1. The van der Waals surface area contributed by atoms with Crippen molar-refractivity contribution in [2.45, 2.75) is 59.0 Å². The lowest BCUT2D eigenvalue weighted by atomic mass is 9.98. The van der Waals surface area contributed by atoms with E-state index in [1.807, 2.05) is 13.8 Å². The first kappa shape index (κ1) is 16.1. The molecule has 0 aromatic carbocycles. The molecule has 5 heteroatoms. The van der Waals surface area contributed by atoms with Gasteiger partial charge in [-0.25, -0.2) is 4.98 Å². The van der Waals surface area contributed by atoms with E-state index in [2.05, 4.69) is 41.8 Å². The highest BCUT2D eigenvalue weighted by molar-refractivity contribution is 7.09. The van der Waals surface area contributed by atoms with Crippen LogP contribution in [0, 0.1) is 0 Å². The van der Waals surface area contributed by atoms with Gasteiger partial charge in [0.15, 0.2) is 0 Å². The van der Waals surface area contributed by atoms with Gasteiger partial charge >= 0.3 is 0 Å². The van der Waals surface area contributed by atoms with Gasteiger partial charge in [-0.1, -0.05) is 20.8 Å². The smallest absolute Gasteiger partial charge is 0.221 e. The van der Waals surface area contributed by atoms with Crippen molar-refractivity contribution in [3.63, 3.8) is 0 Å². The standard InChI is InChI=1S/C14H25N3OS/c1-10(2)16-12(18)6-7-15-8-11-9-19-13(17-11)14(3,4)5/h9-10,15H,6-8H2,1-5H3,(H,16,18). The monoisotopic (exact) mass is 283 g/mol. The highest BCUT2D eigenvalue weighted by Crippen LogP contribution is 2.25. The van der Waals surface area contributed by atoms with Crippen molar-refractivity contribution in [1.82, 2.24) is 15.6 Å². The molecule has 0 spiro atoms. The molecular formula is C14H25N3OS. The number of nitrogens with one attached hydrogen (secondary N) is 2. The fraction of sp³-hybridized carbons (Fsp3) is 0.714. The fourth-order valence-electron chi connectivity index (χ4n) is 1.55. The molecule has 0 saturated carbocycles. The summed E-state index contributed by atoms with van der Waals surface area (Å²) in [5.74, 6) is 0.0937. The molecule has 0 atom stereocenters. The minimum Gasteiger partial charge on any atom is -0.354 e. The normalized spacial score (nSPS) is 11.9. The van der Waals surface area contributed by atoms with Crippen molar-refractivity contribution in [1.29, 1.82) is 0 Å². The molecule has 0 aliphatic heterocycles. The summed E-state index contributed by atoms with van der Waals surface area (Å²) < 4.78 is 0.